The molecular weight excluding hydrogens is 808 g/mol. The number of rotatable bonds is 6. The summed E-state index contributed by atoms with van der Waals surface area (Å²) in [5, 5.41) is 0. The molecule has 5 aromatic rings. The number of anilines is 4. The number of hydrogen-bond acceptors (Lipinski definition) is 4. The minimum Gasteiger partial charge on any atom is -0.398 e. The highest BCUT2D eigenvalue weighted by molar-refractivity contribution is 9.11. The van der Waals surface area contributed by atoms with Crippen LogP contribution < -0.4 is 22.9 Å². The van der Waals surface area contributed by atoms with Crippen molar-refractivity contribution in [3.05, 3.63) is 146 Å². The van der Waals surface area contributed by atoms with E-state index in [-0.39, 0.29) is 11.8 Å². The van der Waals surface area contributed by atoms with Crippen molar-refractivity contribution in [2.75, 3.05) is 22.9 Å². The fourth-order valence-corrected chi connectivity index (χ4v) is 8.14. The fourth-order valence-electron chi connectivity index (χ4n) is 5.83. The SMILES string of the molecule is Cc1cc(C(c2ccc(C(c3cc(C)c(N)c(Br)c3)c3cc(C)c(N)c(Br)c3)cc2)c2cc(C)c(N)c(Br)c2)cc(Br)c1N. The van der Waals surface area contributed by atoms with Crippen molar-refractivity contribution in [1.29, 1.82) is 0 Å². The van der Waals surface area contributed by atoms with E-state index in [2.05, 4.69) is 137 Å². The molecule has 0 radical (unpaired) electrons. The zero-order valence-corrected chi connectivity index (χ0v) is 31.2. The van der Waals surface area contributed by atoms with E-state index in [1.807, 2.05) is 27.7 Å². The highest BCUT2D eigenvalue weighted by Gasteiger charge is 2.24. The van der Waals surface area contributed by atoms with Crippen LogP contribution in [0, 0.1) is 27.7 Å². The third-order valence-electron chi connectivity index (χ3n) is 8.37. The normalized spacial score (nSPS) is 11.5. The second kappa shape index (κ2) is 12.9. The maximum Gasteiger partial charge on any atom is 0.0488 e. The Bertz CT molecular complexity index is 1550. The minimum atomic E-state index is -0.0467. The van der Waals surface area contributed by atoms with Crippen LogP contribution in [-0.4, -0.2) is 0 Å². The molecule has 44 heavy (non-hydrogen) atoms. The molecule has 0 aliphatic heterocycles. The molecule has 0 heterocycles. The third kappa shape index (κ3) is 6.32. The number of halogens is 4. The predicted molar refractivity (Wildman–Crippen MR) is 201 cm³/mol. The lowest BCUT2D eigenvalue weighted by Crippen LogP contribution is -2.09. The van der Waals surface area contributed by atoms with Gasteiger partial charge in [-0.3, -0.25) is 0 Å². The van der Waals surface area contributed by atoms with E-state index in [1.54, 1.807) is 0 Å². The Morgan fingerprint density at radius 3 is 0.750 bits per heavy atom. The highest BCUT2D eigenvalue weighted by Crippen LogP contribution is 2.42. The standard InChI is InChI=1S/C36H34Br4N4/c1-17-9-23(13-27(37)33(17)41)31(24-10-18(2)34(42)28(38)14-24)21-5-7-22(8-6-21)32(25-11-19(3)35(43)29(39)15-25)26-12-20(4)36(44)30(40)16-26/h5-16,31-32H,41-44H2,1-4H3. The molecule has 0 bridgehead atoms. The fraction of sp³-hybridized carbons (Fsp3) is 0.167. The first-order valence-electron chi connectivity index (χ1n) is 14.1. The van der Waals surface area contributed by atoms with Gasteiger partial charge in [-0.25, -0.2) is 0 Å². The minimum absolute atomic E-state index is 0.0467. The van der Waals surface area contributed by atoms with Gasteiger partial charge in [0.1, 0.15) is 0 Å². The smallest absolute Gasteiger partial charge is 0.0488 e. The van der Waals surface area contributed by atoms with Gasteiger partial charge in [-0.15, -0.1) is 0 Å². The van der Waals surface area contributed by atoms with E-state index < -0.39 is 0 Å². The van der Waals surface area contributed by atoms with Crippen LogP contribution in [-0.2, 0) is 0 Å². The Hall–Kier alpha value is -2.78. The zero-order chi connectivity index (χ0) is 32.0. The topological polar surface area (TPSA) is 104 Å². The summed E-state index contributed by atoms with van der Waals surface area (Å²) in [5.41, 5.74) is 39.3. The first-order chi connectivity index (χ1) is 20.8. The Labute approximate surface area is 293 Å². The average Bonchev–Trinajstić information content (AvgIpc) is 2.97. The van der Waals surface area contributed by atoms with Gasteiger partial charge in [-0.05, 0) is 171 Å². The second-order valence-electron chi connectivity index (χ2n) is 11.5. The van der Waals surface area contributed by atoms with E-state index in [0.29, 0.717) is 0 Å². The highest BCUT2D eigenvalue weighted by atomic mass is 79.9. The van der Waals surface area contributed by atoms with Crippen LogP contribution in [0.5, 0.6) is 0 Å². The average molecular weight is 842 g/mol. The van der Waals surface area contributed by atoms with E-state index in [1.165, 1.54) is 0 Å². The lowest BCUT2D eigenvalue weighted by Gasteiger charge is -2.25. The Morgan fingerprint density at radius 2 is 0.568 bits per heavy atom. The van der Waals surface area contributed by atoms with E-state index >= 15 is 0 Å². The van der Waals surface area contributed by atoms with Gasteiger partial charge < -0.3 is 22.9 Å². The molecule has 8 N–H and O–H groups in total. The molecular formula is C36H34Br4N4. The Balaban J connectivity index is 1.70. The van der Waals surface area contributed by atoms with Crippen LogP contribution in [0.15, 0.2) is 90.7 Å². The molecule has 0 atom stereocenters. The van der Waals surface area contributed by atoms with E-state index in [9.17, 15) is 0 Å². The lowest BCUT2D eigenvalue weighted by atomic mass is 9.80. The number of nitrogen functional groups attached to an aromatic ring is 4. The maximum atomic E-state index is 6.33. The maximum absolute atomic E-state index is 6.33. The van der Waals surface area contributed by atoms with Crippen molar-refractivity contribution in [2.45, 2.75) is 39.5 Å². The molecule has 0 fully saturated rings. The molecule has 0 amide bonds. The first kappa shape index (κ1) is 32.6. The third-order valence-corrected chi connectivity index (χ3v) is 11.0. The summed E-state index contributed by atoms with van der Waals surface area (Å²) in [4.78, 5) is 0. The molecule has 0 spiro atoms. The van der Waals surface area contributed by atoms with Crippen molar-refractivity contribution < 1.29 is 0 Å². The molecule has 0 saturated carbocycles. The van der Waals surface area contributed by atoms with Gasteiger partial charge in [0.15, 0.2) is 0 Å². The van der Waals surface area contributed by atoms with Crippen LogP contribution in [0.1, 0.15) is 67.5 Å². The van der Waals surface area contributed by atoms with Crippen molar-refractivity contribution in [3.8, 4) is 0 Å². The second-order valence-corrected chi connectivity index (χ2v) is 14.9. The van der Waals surface area contributed by atoms with Gasteiger partial charge in [0, 0.05) is 52.5 Å². The van der Waals surface area contributed by atoms with Crippen molar-refractivity contribution >= 4 is 86.5 Å². The number of aryl methyl sites for hydroxylation is 4. The van der Waals surface area contributed by atoms with Gasteiger partial charge in [0.05, 0.1) is 0 Å². The zero-order valence-electron chi connectivity index (χ0n) is 24.9. The van der Waals surface area contributed by atoms with Gasteiger partial charge in [0.2, 0.25) is 0 Å². The molecule has 226 valence electrons. The number of hydrogen-bond donors (Lipinski definition) is 4. The summed E-state index contributed by atoms with van der Waals surface area (Å²) < 4.78 is 3.53. The summed E-state index contributed by atoms with van der Waals surface area (Å²) in [5.74, 6) is -0.0935. The summed E-state index contributed by atoms with van der Waals surface area (Å²) in [6.45, 7) is 8.16. The van der Waals surface area contributed by atoms with Crippen molar-refractivity contribution in [1.82, 2.24) is 0 Å². The molecule has 0 unspecified atom stereocenters. The van der Waals surface area contributed by atoms with Gasteiger partial charge >= 0.3 is 0 Å². The molecule has 0 aliphatic rings. The van der Waals surface area contributed by atoms with E-state index in [4.69, 9.17) is 22.9 Å². The number of nitrogens with two attached hydrogens (primary N) is 4. The first-order valence-corrected chi connectivity index (χ1v) is 17.3. The van der Waals surface area contributed by atoms with Crippen molar-refractivity contribution in [3.63, 3.8) is 0 Å². The van der Waals surface area contributed by atoms with Gasteiger partial charge in [0.25, 0.3) is 0 Å². The molecule has 0 aromatic heterocycles. The summed E-state index contributed by atoms with van der Waals surface area (Å²) in [6.07, 6.45) is 0. The van der Waals surface area contributed by atoms with Crippen LogP contribution in [0.4, 0.5) is 22.7 Å². The van der Waals surface area contributed by atoms with Crippen LogP contribution >= 0.6 is 63.7 Å². The van der Waals surface area contributed by atoms with Crippen molar-refractivity contribution in [2.24, 2.45) is 0 Å². The molecule has 4 nitrogen and oxygen atoms in total. The monoisotopic (exact) mass is 838 g/mol. The van der Waals surface area contributed by atoms with Crippen LogP contribution in [0.25, 0.3) is 0 Å². The molecule has 5 aromatic carbocycles. The number of benzene rings is 5. The van der Waals surface area contributed by atoms with Crippen LogP contribution in [0.2, 0.25) is 0 Å². The molecule has 0 saturated heterocycles. The Kier molecular flexibility index (Phi) is 9.57. The molecule has 5 rings (SSSR count). The van der Waals surface area contributed by atoms with Gasteiger partial charge in [-0.1, -0.05) is 48.5 Å². The summed E-state index contributed by atoms with van der Waals surface area (Å²) >= 11 is 14.7. The quantitative estimate of drug-likeness (QED) is 0.101. The largest absolute Gasteiger partial charge is 0.398 e. The molecule has 0 aliphatic carbocycles. The van der Waals surface area contributed by atoms with E-state index in [0.717, 1.165) is 96.3 Å². The van der Waals surface area contributed by atoms with Crippen LogP contribution in [0.3, 0.4) is 0 Å². The summed E-state index contributed by atoms with van der Waals surface area (Å²) in [6, 6.07) is 26.1. The molecule has 8 heteroatoms. The predicted octanol–water partition coefficient (Wildman–Crippen LogP) is 10.7. The Morgan fingerprint density at radius 1 is 0.364 bits per heavy atom. The lowest BCUT2D eigenvalue weighted by molar-refractivity contribution is 0.944. The van der Waals surface area contributed by atoms with Gasteiger partial charge in [-0.2, -0.15) is 0 Å². The summed E-state index contributed by atoms with van der Waals surface area (Å²) in [7, 11) is 0.